The van der Waals surface area contributed by atoms with E-state index in [1.165, 1.54) is 6.42 Å². The number of benzene rings is 1. The summed E-state index contributed by atoms with van der Waals surface area (Å²) in [7, 11) is 0. The molecule has 1 aliphatic rings. The third kappa shape index (κ3) is 4.05. The molecule has 0 aliphatic carbocycles. The van der Waals surface area contributed by atoms with Crippen molar-refractivity contribution in [1.29, 1.82) is 0 Å². The Morgan fingerprint density at radius 2 is 2.04 bits per heavy atom. The van der Waals surface area contributed by atoms with Crippen LogP contribution in [0.2, 0.25) is 10.0 Å². The maximum absolute atomic E-state index is 12.7. The summed E-state index contributed by atoms with van der Waals surface area (Å²) in [4.78, 5) is 23.2. The Bertz CT molecular complexity index is 751. The zero-order valence-corrected chi connectivity index (χ0v) is 15.5. The van der Waals surface area contributed by atoms with Gasteiger partial charge in [-0.3, -0.25) is 4.79 Å². The van der Waals surface area contributed by atoms with Crippen LogP contribution in [0.5, 0.6) is 0 Å². The van der Waals surface area contributed by atoms with Crippen molar-refractivity contribution in [3.8, 4) is 0 Å². The number of hydrogen-bond acceptors (Lipinski definition) is 4. The van der Waals surface area contributed by atoms with Crippen LogP contribution in [0.3, 0.4) is 0 Å². The van der Waals surface area contributed by atoms with Crippen molar-refractivity contribution in [1.82, 2.24) is 14.9 Å². The number of carbonyl (C=O) groups is 1. The number of rotatable bonds is 4. The zero-order chi connectivity index (χ0) is 17.8. The number of piperidine rings is 1. The summed E-state index contributed by atoms with van der Waals surface area (Å²) >= 11 is 12.1. The van der Waals surface area contributed by atoms with Crippen LogP contribution in [-0.4, -0.2) is 33.4 Å². The third-order valence-electron chi connectivity index (χ3n) is 4.46. The Kier molecular flexibility index (Phi) is 5.76. The lowest BCUT2D eigenvalue weighted by molar-refractivity contribution is 0.0607. The van der Waals surface area contributed by atoms with Gasteiger partial charge in [0.15, 0.2) is 0 Å². The number of likely N-dealkylation sites (tertiary alicyclic amines) is 1. The molecule has 1 aromatic heterocycles. The molecule has 5 nitrogen and oxygen atoms in total. The topological polar surface area (TPSA) is 58.1 Å². The summed E-state index contributed by atoms with van der Waals surface area (Å²) in [5.74, 6) is 0.366. The Balaban J connectivity index is 1.73. The Hall–Kier alpha value is -1.85. The molecule has 1 aliphatic heterocycles. The second kappa shape index (κ2) is 8.02. The van der Waals surface area contributed by atoms with Crippen LogP contribution in [0.25, 0.3) is 0 Å². The molecule has 2 heterocycles. The molecule has 0 bridgehead atoms. The van der Waals surface area contributed by atoms with Gasteiger partial charge in [0.25, 0.3) is 5.91 Å². The molecule has 0 spiro atoms. The van der Waals surface area contributed by atoms with Crippen molar-refractivity contribution in [2.24, 2.45) is 0 Å². The van der Waals surface area contributed by atoms with Gasteiger partial charge < -0.3 is 10.2 Å². The number of amides is 1. The molecule has 1 atom stereocenters. The van der Waals surface area contributed by atoms with E-state index < -0.39 is 0 Å². The molecule has 3 rings (SSSR count). The Morgan fingerprint density at radius 3 is 2.76 bits per heavy atom. The van der Waals surface area contributed by atoms with Gasteiger partial charge in [-0.15, -0.1) is 0 Å². The van der Waals surface area contributed by atoms with Crippen molar-refractivity contribution < 1.29 is 4.79 Å². The molecular formula is C18H20Cl2N4O. The lowest BCUT2D eigenvalue weighted by Gasteiger charge is -2.35. The summed E-state index contributed by atoms with van der Waals surface area (Å²) in [6, 6.07) is 5.59. The molecule has 1 amide bonds. The second-order valence-corrected chi connectivity index (χ2v) is 6.86. The number of hydrogen-bond donors (Lipinski definition) is 1. The first kappa shape index (κ1) is 18.0. The highest BCUT2D eigenvalue weighted by molar-refractivity contribution is 6.43. The van der Waals surface area contributed by atoms with Crippen molar-refractivity contribution in [3.63, 3.8) is 0 Å². The summed E-state index contributed by atoms with van der Waals surface area (Å²) in [6.07, 6.45) is 7.38. The lowest BCUT2D eigenvalue weighted by atomic mass is 9.99. The molecule has 132 valence electrons. The molecule has 7 heteroatoms. The van der Waals surface area contributed by atoms with E-state index in [0.29, 0.717) is 33.3 Å². The maximum atomic E-state index is 12.7. The first-order chi connectivity index (χ1) is 12.1. The summed E-state index contributed by atoms with van der Waals surface area (Å²) in [6.45, 7) is 2.92. The minimum atomic E-state index is -0.00103. The zero-order valence-electron chi connectivity index (χ0n) is 14.0. The number of nitrogens with one attached hydrogen (secondary N) is 1. The van der Waals surface area contributed by atoms with Gasteiger partial charge in [0.05, 0.1) is 21.3 Å². The van der Waals surface area contributed by atoms with Crippen LogP contribution in [0.15, 0.2) is 30.6 Å². The van der Waals surface area contributed by atoms with E-state index in [-0.39, 0.29) is 5.91 Å². The summed E-state index contributed by atoms with van der Waals surface area (Å²) < 4.78 is 0. The van der Waals surface area contributed by atoms with E-state index in [0.717, 1.165) is 25.8 Å². The van der Waals surface area contributed by atoms with Gasteiger partial charge in [-0.2, -0.15) is 0 Å². The van der Waals surface area contributed by atoms with Gasteiger partial charge in [0.1, 0.15) is 0 Å². The molecule has 1 unspecified atom stereocenters. The number of carbonyl (C=O) groups excluding carboxylic acids is 1. The number of halogens is 2. The molecule has 1 aromatic carbocycles. The minimum Gasteiger partial charge on any atom is -0.336 e. The van der Waals surface area contributed by atoms with Gasteiger partial charge in [0.2, 0.25) is 5.95 Å². The highest BCUT2D eigenvalue weighted by atomic mass is 35.5. The van der Waals surface area contributed by atoms with Crippen molar-refractivity contribution in [2.75, 3.05) is 11.9 Å². The average molecular weight is 379 g/mol. The minimum absolute atomic E-state index is 0.00103. The highest BCUT2D eigenvalue weighted by Gasteiger charge is 2.26. The van der Waals surface area contributed by atoms with Gasteiger partial charge in [0, 0.05) is 25.0 Å². The summed E-state index contributed by atoms with van der Waals surface area (Å²) in [5.41, 5.74) is 1.12. The van der Waals surface area contributed by atoms with Crippen LogP contribution in [0.4, 0.5) is 11.6 Å². The molecular weight excluding hydrogens is 359 g/mol. The molecule has 1 fully saturated rings. The first-order valence-electron chi connectivity index (χ1n) is 8.44. The quantitative estimate of drug-likeness (QED) is 0.818. The second-order valence-electron chi connectivity index (χ2n) is 6.08. The normalized spacial score (nSPS) is 17.4. The molecule has 1 N–H and O–H groups in total. The summed E-state index contributed by atoms with van der Waals surface area (Å²) in [5, 5.41) is 3.88. The average Bonchev–Trinajstić information content (AvgIpc) is 2.65. The predicted molar refractivity (Wildman–Crippen MR) is 101 cm³/mol. The largest absolute Gasteiger partial charge is 0.336 e. The fourth-order valence-electron chi connectivity index (χ4n) is 3.08. The molecule has 2 aromatic rings. The van der Waals surface area contributed by atoms with E-state index in [9.17, 15) is 4.79 Å². The van der Waals surface area contributed by atoms with Gasteiger partial charge in [-0.1, -0.05) is 36.2 Å². The number of anilines is 2. The van der Waals surface area contributed by atoms with Crippen LogP contribution in [-0.2, 0) is 0 Å². The van der Waals surface area contributed by atoms with E-state index in [1.54, 1.807) is 30.6 Å². The lowest BCUT2D eigenvalue weighted by Crippen LogP contribution is -2.43. The van der Waals surface area contributed by atoms with Crippen molar-refractivity contribution in [2.45, 2.75) is 38.6 Å². The van der Waals surface area contributed by atoms with Crippen molar-refractivity contribution >= 4 is 40.7 Å². The standard InChI is InChI=1S/C18H20Cl2N4O/c1-2-13-6-3-4-9-24(13)17(25)12-10-21-18(22-11-12)23-15-8-5-7-14(19)16(15)20/h5,7-8,10-11,13H,2-4,6,9H2,1H3,(H,21,22,23). The molecule has 0 saturated carbocycles. The SMILES string of the molecule is CCC1CCCCN1C(=O)c1cnc(Nc2cccc(Cl)c2Cl)nc1. The molecule has 1 saturated heterocycles. The monoisotopic (exact) mass is 378 g/mol. The van der Waals surface area contributed by atoms with Crippen LogP contribution in [0, 0.1) is 0 Å². The number of aromatic nitrogens is 2. The highest BCUT2D eigenvalue weighted by Crippen LogP contribution is 2.31. The van der Waals surface area contributed by atoms with Crippen LogP contribution >= 0.6 is 23.2 Å². The van der Waals surface area contributed by atoms with Gasteiger partial charge >= 0.3 is 0 Å². The smallest absolute Gasteiger partial charge is 0.257 e. The van der Waals surface area contributed by atoms with E-state index in [1.807, 2.05) is 4.90 Å². The third-order valence-corrected chi connectivity index (χ3v) is 5.28. The molecule has 25 heavy (non-hydrogen) atoms. The fourth-order valence-corrected chi connectivity index (χ4v) is 3.43. The van der Waals surface area contributed by atoms with Crippen molar-refractivity contribution in [3.05, 3.63) is 46.2 Å². The first-order valence-corrected chi connectivity index (χ1v) is 9.19. The Labute approximate surface area is 157 Å². The van der Waals surface area contributed by atoms with Gasteiger partial charge in [-0.05, 0) is 37.8 Å². The van der Waals surface area contributed by atoms with Crippen LogP contribution < -0.4 is 5.32 Å². The fraction of sp³-hybridized carbons (Fsp3) is 0.389. The Morgan fingerprint density at radius 1 is 1.28 bits per heavy atom. The number of nitrogens with zero attached hydrogens (tertiary/aromatic N) is 3. The van der Waals surface area contributed by atoms with E-state index in [2.05, 4.69) is 22.2 Å². The van der Waals surface area contributed by atoms with E-state index >= 15 is 0 Å². The maximum Gasteiger partial charge on any atom is 0.257 e. The predicted octanol–water partition coefficient (Wildman–Crippen LogP) is 4.93. The van der Waals surface area contributed by atoms with Crippen LogP contribution in [0.1, 0.15) is 43.0 Å². The van der Waals surface area contributed by atoms with Gasteiger partial charge in [-0.25, -0.2) is 9.97 Å². The molecule has 0 radical (unpaired) electrons. The van der Waals surface area contributed by atoms with E-state index in [4.69, 9.17) is 23.2 Å².